The van der Waals surface area contributed by atoms with Gasteiger partial charge in [-0.2, -0.15) is 0 Å². The zero-order valence-corrected chi connectivity index (χ0v) is 27.4. The van der Waals surface area contributed by atoms with Gasteiger partial charge in [-0.1, -0.05) is 107 Å². The molecule has 0 aliphatic heterocycles. The predicted molar refractivity (Wildman–Crippen MR) is 183 cm³/mol. The van der Waals surface area contributed by atoms with Gasteiger partial charge in [-0.3, -0.25) is 0 Å². The van der Waals surface area contributed by atoms with Crippen molar-refractivity contribution in [1.29, 1.82) is 0 Å². The molecule has 0 spiro atoms. The van der Waals surface area contributed by atoms with Crippen molar-refractivity contribution in [2.75, 3.05) is 13.2 Å². The van der Waals surface area contributed by atoms with Crippen LogP contribution in [0, 0.1) is 17.3 Å². The van der Waals surface area contributed by atoms with Crippen molar-refractivity contribution in [3.05, 3.63) is 121 Å². The minimum absolute atomic E-state index is 0.0912. The van der Waals surface area contributed by atoms with Gasteiger partial charge in [0, 0.05) is 5.41 Å². The molecule has 0 bridgehead atoms. The molecule has 8 heteroatoms. The average Bonchev–Trinajstić information content (AvgIpc) is 3.04. The van der Waals surface area contributed by atoms with Crippen molar-refractivity contribution in [2.24, 2.45) is 17.3 Å². The monoisotopic (exact) mass is 626 g/mol. The summed E-state index contributed by atoms with van der Waals surface area (Å²) in [6.07, 6.45) is 1.98. The van der Waals surface area contributed by atoms with E-state index in [9.17, 15) is 29.8 Å². The standard InChI is InChI=1S/2C12H12O2P.C11H24O2/c2*13-15(14,11-7-3-1-4-8-11)12-9-5-2-6-10-12;1-9(2)5-6-11(7-12,8-13)10(3)4/h2*1-10,13-14H;9-10,12-13H,5-8H2,1-4H3/q2*+1;. The Balaban J connectivity index is 0.000000226. The molecule has 0 radical (unpaired) electrons. The van der Waals surface area contributed by atoms with Gasteiger partial charge < -0.3 is 10.2 Å². The number of benzene rings is 4. The third-order valence-corrected chi connectivity index (χ3v) is 11.6. The molecule has 0 aromatic heterocycles. The van der Waals surface area contributed by atoms with Crippen LogP contribution in [-0.2, 0) is 0 Å². The molecule has 0 atom stereocenters. The summed E-state index contributed by atoms with van der Waals surface area (Å²) in [5.74, 6) is 0.970. The number of aliphatic hydroxyl groups is 2. The molecule has 43 heavy (non-hydrogen) atoms. The van der Waals surface area contributed by atoms with Gasteiger partial charge in [0.15, 0.2) is 21.2 Å². The molecule has 4 aromatic carbocycles. The lowest BCUT2D eigenvalue weighted by Gasteiger charge is -2.34. The Morgan fingerprint density at radius 1 is 0.488 bits per heavy atom. The van der Waals surface area contributed by atoms with Crippen molar-refractivity contribution < 1.29 is 29.8 Å². The normalized spacial score (nSPS) is 11.8. The molecule has 6 nitrogen and oxygen atoms in total. The van der Waals surface area contributed by atoms with E-state index in [0.717, 1.165) is 12.8 Å². The summed E-state index contributed by atoms with van der Waals surface area (Å²) in [7, 11) is -6.29. The molecule has 232 valence electrons. The molecule has 0 aliphatic carbocycles. The fourth-order valence-corrected chi connectivity index (χ4v) is 7.23. The van der Waals surface area contributed by atoms with Gasteiger partial charge in [0.05, 0.1) is 13.2 Å². The minimum atomic E-state index is -3.15. The van der Waals surface area contributed by atoms with Gasteiger partial charge in [0.25, 0.3) is 0 Å². The fourth-order valence-electron chi connectivity index (χ4n) is 4.28. The summed E-state index contributed by atoms with van der Waals surface area (Å²) >= 11 is 0. The smallest absolute Gasteiger partial charge is 0.333 e. The summed E-state index contributed by atoms with van der Waals surface area (Å²) in [6.45, 7) is 8.64. The SMILES string of the molecule is CC(C)CCC(CO)(CO)C(C)C.O[P+](O)(c1ccccc1)c1ccccc1.O[P+](O)(c1ccccc1)c1ccccc1. The van der Waals surface area contributed by atoms with E-state index in [-0.39, 0.29) is 18.6 Å². The Labute approximate surface area is 258 Å². The van der Waals surface area contributed by atoms with Gasteiger partial charge in [0.2, 0.25) is 0 Å². The first kappa shape index (κ1) is 36.7. The molecule has 0 saturated heterocycles. The summed E-state index contributed by atoms with van der Waals surface area (Å²) in [5.41, 5.74) is -0.274. The molecule has 0 saturated carbocycles. The lowest BCUT2D eigenvalue weighted by atomic mass is 9.74. The molecule has 0 fully saturated rings. The highest BCUT2D eigenvalue weighted by molar-refractivity contribution is 7.79. The van der Waals surface area contributed by atoms with Crippen LogP contribution in [0.5, 0.6) is 0 Å². The second kappa shape index (κ2) is 17.7. The topological polar surface area (TPSA) is 121 Å². The molecular formula is C35H48O6P2+2. The van der Waals surface area contributed by atoms with Crippen molar-refractivity contribution >= 4 is 36.7 Å². The number of rotatable bonds is 10. The van der Waals surface area contributed by atoms with Crippen molar-refractivity contribution in [3.63, 3.8) is 0 Å². The molecule has 4 rings (SSSR count). The average molecular weight is 627 g/mol. The van der Waals surface area contributed by atoms with Gasteiger partial charge >= 0.3 is 15.4 Å². The molecule has 0 unspecified atom stereocenters. The Bertz CT molecular complexity index is 1110. The van der Waals surface area contributed by atoms with Crippen LogP contribution in [0.15, 0.2) is 121 Å². The quantitative estimate of drug-likeness (QED) is 0.138. The number of hydrogen-bond donors (Lipinski definition) is 6. The van der Waals surface area contributed by atoms with E-state index in [4.69, 9.17) is 0 Å². The van der Waals surface area contributed by atoms with Crippen LogP contribution in [-0.4, -0.2) is 43.0 Å². The van der Waals surface area contributed by atoms with E-state index in [1.807, 2.05) is 24.3 Å². The van der Waals surface area contributed by atoms with E-state index in [1.54, 1.807) is 97.1 Å². The van der Waals surface area contributed by atoms with E-state index < -0.39 is 15.4 Å². The molecule has 4 aromatic rings. The highest BCUT2D eigenvalue weighted by Crippen LogP contribution is 2.47. The number of aliphatic hydroxyl groups excluding tert-OH is 2. The first-order valence-corrected chi connectivity index (χ1v) is 17.9. The Kier molecular flexibility index (Phi) is 15.1. The zero-order valence-electron chi connectivity index (χ0n) is 25.6. The van der Waals surface area contributed by atoms with Gasteiger partial charge in [-0.05, 0) is 66.8 Å². The highest BCUT2D eigenvalue weighted by atomic mass is 31.2. The molecule has 0 aliphatic rings. The Morgan fingerprint density at radius 3 is 0.930 bits per heavy atom. The fraction of sp³-hybridized carbons (Fsp3) is 0.314. The van der Waals surface area contributed by atoms with Crippen molar-refractivity contribution in [3.8, 4) is 0 Å². The Hall–Kier alpha value is -2.50. The van der Waals surface area contributed by atoms with E-state index >= 15 is 0 Å². The number of hydrogen-bond acceptors (Lipinski definition) is 6. The largest absolute Gasteiger partial charge is 0.396 e. The van der Waals surface area contributed by atoms with Crippen LogP contribution in [0.25, 0.3) is 0 Å². The minimum Gasteiger partial charge on any atom is -0.396 e. The van der Waals surface area contributed by atoms with E-state index in [0.29, 0.717) is 33.1 Å². The van der Waals surface area contributed by atoms with Crippen molar-refractivity contribution in [1.82, 2.24) is 0 Å². The predicted octanol–water partition coefficient (Wildman–Crippen LogP) is 4.99. The second-order valence-corrected chi connectivity index (χ2v) is 15.8. The second-order valence-electron chi connectivity index (χ2n) is 11.3. The van der Waals surface area contributed by atoms with E-state index in [1.165, 1.54) is 0 Å². The lowest BCUT2D eigenvalue weighted by molar-refractivity contribution is 0.00497. The van der Waals surface area contributed by atoms with Crippen LogP contribution < -0.4 is 21.2 Å². The lowest BCUT2D eigenvalue weighted by Crippen LogP contribution is -2.35. The maximum atomic E-state index is 10.1. The molecule has 6 N–H and O–H groups in total. The van der Waals surface area contributed by atoms with Crippen molar-refractivity contribution in [2.45, 2.75) is 40.5 Å². The maximum Gasteiger partial charge on any atom is 0.333 e. The summed E-state index contributed by atoms with van der Waals surface area (Å²) in [4.78, 5) is 40.5. The van der Waals surface area contributed by atoms with Crippen LogP contribution >= 0.6 is 15.4 Å². The van der Waals surface area contributed by atoms with Crippen LogP contribution in [0.4, 0.5) is 0 Å². The zero-order chi connectivity index (χ0) is 31.9. The molecule has 0 heterocycles. The summed E-state index contributed by atoms with van der Waals surface area (Å²) in [6, 6.07) is 35.8. The van der Waals surface area contributed by atoms with E-state index in [2.05, 4.69) is 27.7 Å². The third-order valence-electron chi connectivity index (χ3n) is 7.54. The molecular weight excluding hydrogens is 578 g/mol. The first-order chi connectivity index (χ1) is 20.4. The van der Waals surface area contributed by atoms with Gasteiger partial charge in [0.1, 0.15) is 0 Å². The van der Waals surface area contributed by atoms with Gasteiger partial charge in [-0.25, -0.2) is 19.6 Å². The Morgan fingerprint density at radius 2 is 0.744 bits per heavy atom. The van der Waals surface area contributed by atoms with Gasteiger partial charge in [-0.15, -0.1) is 0 Å². The first-order valence-electron chi connectivity index (χ1n) is 14.5. The van der Waals surface area contributed by atoms with Crippen LogP contribution in [0.3, 0.4) is 0 Å². The van der Waals surface area contributed by atoms with Crippen LogP contribution in [0.2, 0.25) is 0 Å². The molecule has 0 amide bonds. The van der Waals surface area contributed by atoms with Crippen LogP contribution in [0.1, 0.15) is 40.5 Å². The summed E-state index contributed by atoms with van der Waals surface area (Å²) < 4.78 is 0. The summed E-state index contributed by atoms with van der Waals surface area (Å²) in [5, 5.41) is 20.9. The highest BCUT2D eigenvalue weighted by Gasteiger charge is 2.40. The third kappa shape index (κ3) is 10.9. The maximum absolute atomic E-state index is 10.1.